The molecule has 3 aliphatic rings. The Kier molecular flexibility index (Phi) is 11.8. The van der Waals surface area contributed by atoms with Crippen LogP contribution in [-0.2, 0) is 19.6 Å². The summed E-state index contributed by atoms with van der Waals surface area (Å²) in [5, 5.41) is 10.3. The Bertz CT molecular complexity index is 2530. The average Bonchev–Trinajstić information content (AvgIpc) is 3.76. The molecule has 0 spiro atoms. The number of anilines is 4. The molecule has 0 aliphatic carbocycles. The van der Waals surface area contributed by atoms with Crippen molar-refractivity contribution < 1.29 is 32.3 Å². The molecule has 0 bridgehead atoms. The first-order valence-electron chi connectivity index (χ1n) is 20.5. The molecule has 3 aromatic carbocycles. The van der Waals surface area contributed by atoms with Gasteiger partial charge in [-0.05, 0) is 92.3 Å². The number of sulfonamides is 1. The Morgan fingerprint density at radius 3 is 2.38 bits per heavy atom. The van der Waals surface area contributed by atoms with Gasteiger partial charge >= 0.3 is 0 Å². The van der Waals surface area contributed by atoms with Crippen molar-refractivity contribution in [3.63, 3.8) is 0 Å². The smallest absolute Gasteiger partial charge is 0.266 e. The first-order valence-corrected chi connectivity index (χ1v) is 22.4. The number of amides is 4. The van der Waals surface area contributed by atoms with Gasteiger partial charge in [0.25, 0.3) is 11.8 Å². The van der Waals surface area contributed by atoms with Crippen molar-refractivity contribution in [3.8, 4) is 17.0 Å². The van der Waals surface area contributed by atoms with Crippen molar-refractivity contribution in [1.29, 1.82) is 0 Å². The highest BCUT2D eigenvalue weighted by Gasteiger charge is 2.46. The zero-order valence-electron chi connectivity index (χ0n) is 33.4. The van der Waals surface area contributed by atoms with Crippen LogP contribution < -0.4 is 25.0 Å². The Balaban J connectivity index is 0.740. The minimum atomic E-state index is -3.40. The fourth-order valence-corrected chi connectivity index (χ4v) is 8.91. The molecule has 4 amide bonds. The van der Waals surface area contributed by atoms with Crippen LogP contribution in [0.4, 0.5) is 23.0 Å². The number of carbonyl (C=O) groups excluding carboxylic acids is 4. The van der Waals surface area contributed by atoms with Crippen molar-refractivity contribution in [2.45, 2.75) is 70.3 Å². The van der Waals surface area contributed by atoms with E-state index < -0.39 is 39.7 Å². The maximum absolute atomic E-state index is 13.3. The predicted molar refractivity (Wildman–Crippen MR) is 228 cm³/mol. The molecule has 1 atom stereocenters. The van der Waals surface area contributed by atoms with Crippen molar-refractivity contribution in [1.82, 2.24) is 24.8 Å². The zero-order chi connectivity index (χ0) is 41.8. The molecule has 0 radical (unpaired) electrons. The van der Waals surface area contributed by atoms with Crippen LogP contribution in [0.25, 0.3) is 16.8 Å². The lowest BCUT2D eigenvalue weighted by atomic mass is 9.91. The normalized spacial score (nSPS) is 17.2. The molecule has 3 aliphatic heterocycles. The summed E-state index contributed by atoms with van der Waals surface area (Å²) < 4.78 is 33.8. The number of imide groups is 2. The lowest BCUT2D eigenvalue weighted by Gasteiger charge is -2.33. The van der Waals surface area contributed by atoms with E-state index in [0.29, 0.717) is 24.0 Å². The van der Waals surface area contributed by atoms with Crippen molar-refractivity contribution in [3.05, 3.63) is 96.2 Å². The molecule has 5 aromatic rings. The van der Waals surface area contributed by atoms with Gasteiger partial charge in [0.15, 0.2) is 0 Å². The second-order valence-corrected chi connectivity index (χ2v) is 17.5. The second kappa shape index (κ2) is 17.5. The number of ether oxygens (including phenoxy) is 1. The van der Waals surface area contributed by atoms with E-state index in [0.717, 1.165) is 91.1 Å². The average molecular weight is 833 g/mol. The maximum atomic E-state index is 13.3. The van der Waals surface area contributed by atoms with E-state index in [1.54, 1.807) is 47.1 Å². The minimum absolute atomic E-state index is 0.0762. The summed E-state index contributed by atoms with van der Waals surface area (Å²) in [6, 6.07) is 23.3. The summed E-state index contributed by atoms with van der Waals surface area (Å²) >= 11 is 0. The van der Waals surface area contributed by atoms with Gasteiger partial charge in [0, 0.05) is 42.1 Å². The summed E-state index contributed by atoms with van der Waals surface area (Å²) in [4.78, 5) is 58.3. The Hall–Kier alpha value is -6.29. The molecule has 8 rings (SSSR count). The molecular weight excluding hydrogens is 785 g/mol. The number of piperidine rings is 2. The van der Waals surface area contributed by atoms with E-state index in [9.17, 15) is 27.6 Å². The number of benzene rings is 3. The molecule has 312 valence electrons. The molecule has 2 aromatic heterocycles. The van der Waals surface area contributed by atoms with E-state index in [2.05, 4.69) is 37.4 Å². The highest BCUT2D eigenvalue weighted by atomic mass is 32.2. The number of hydrogen-bond donors (Lipinski definition) is 3. The van der Waals surface area contributed by atoms with Crippen molar-refractivity contribution in [2.24, 2.45) is 5.92 Å². The fraction of sp³-hybridized carbons (Fsp3) is 0.364. The van der Waals surface area contributed by atoms with Gasteiger partial charge in [0.05, 0.1) is 41.4 Å². The van der Waals surface area contributed by atoms with Crippen LogP contribution in [0.5, 0.6) is 5.75 Å². The third kappa shape index (κ3) is 9.13. The van der Waals surface area contributed by atoms with Crippen molar-refractivity contribution >= 4 is 62.2 Å². The standard InChI is InChI=1S/C44H48N8O7S/c1-60(57,58)49-32-11-7-10-30(27-32)36-19-18-34-28-45-44(48-52(34)36)46-31-14-16-33(17-15-31)50-24-22-29(23-25-50)9-5-3-2-4-6-26-59-38-13-8-12-35-40(38)43(56)51(42(35)55)37-20-21-39(53)47-41(37)54/h7-8,10-19,27-29,37,49H,2-6,9,20-26H2,1H3,(H,46,48)(H,47,53,54). The molecule has 15 nitrogen and oxygen atoms in total. The highest BCUT2D eigenvalue weighted by Crippen LogP contribution is 2.34. The van der Waals surface area contributed by atoms with Gasteiger partial charge in [-0.2, -0.15) is 0 Å². The number of carbonyl (C=O) groups is 4. The number of nitrogens with one attached hydrogen (secondary N) is 3. The first kappa shape index (κ1) is 40.5. The SMILES string of the molecule is CS(=O)(=O)Nc1cccc(-c2ccc3cnc(Nc4ccc(N5CCC(CCCCCCCOc6cccc7c6C(=O)N(C6CCC(=O)NC6=O)C7=O)CC5)cc4)nn23)c1. The molecule has 0 saturated carbocycles. The van der Waals surface area contributed by atoms with E-state index in [4.69, 9.17) is 9.84 Å². The van der Waals surface area contributed by atoms with E-state index in [1.807, 2.05) is 30.3 Å². The van der Waals surface area contributed by atoms with Crippen LogP contribution in [0, 0.1) is 5.92 Å². The summed E-state index contributed by atoms with van der Waals surface area (Å²) in [6.45, 7) is 2.47. The summed E-state index contributed by atoms with van der Waals surface area (Å²) in [5.74, 6) is -0.612. The number of aromatic nitrogens is 3. The summed E-state index contributed by atoms with van der Waals surface area (Å²) in [5.41, 5.74) is 5.40. The second-order valence-electron chi connectivity index (χ2n) is 15.7. The number of fused-ring (bicyclic) bond motifs is 2. The largest absolute Gasteiger partial charge is 0.493 e. The van der Waals surface area contributed by atoms with Crippen LogP contribution in [0.1, 0.15) is 84.9 Å². The van der Waals surface area contributed by atoms with E-state index >= 15 is 0 Å². The molecular formula is C44H48N8O7S. The molecule has 2 fully saturated rings. The zero-order valence-corrected chi connectivity index (χ0v) is 34.2. The molecule has 5 heterocycles. The van der Waals surface area contributed by atoms with E-state index in [-0.39, 0.29) is 24.0 Å². The van der Waals surface area contributed by atoms with Gasteiger partial charge in [-0.1, -0.05) is 50.3 Å². The Labute approximate surface area is 348 Å². The fourth-order valence-electron chi connectivity index (χ4n) is 8.35. The minimum Gasteiger partial charge on any atom is -0.493 e. The van der Waals surface area contributed by atoms with Crippen LogP contribution in [0.2, 0.25) is 0 Å². The monoisotopic (exact) mass is 832 g/mol. The summed E-state index contributed by atoms with van der Waals surface area (Å²) in [6.07, 6.45) is 11.9. The molecule has 2 saturated heterocycles. The van der Waals surface area contributed by atoms with Gasteiger partial charge < -0.3 is 15.0 Å². The lowest BCUT2D eigenvalue weighted by molar-refractivity contribution is -0.136. The van der Waals surface area contributed by atoms with Gasteiger partial charge in [-0.25, -0.2) is 17.9 Å². The van der Waals surface area contributed by atoms with Gasteiger partial charge in [0.2, 0.25) is 27.8 Å². The number of nitrogens with zero attached hydrogens (tertiary/aromatic N) is 5. The van der Waals surface area contributed by atoms with Gasteiger partial charge in [-0.3, -0.25) is 34.1 Å². The topological polar surface area (TPSA) is 184 Å². The van der Waals surface area contributed by atoms with Gasteiger partial charge in [0.1, 0.15) is 11.8 Å². The lowest BCUT2D eigenvalue weighted by Crippen LogP contribution is -2.54. The van der Waals surface area contributed by atoms with Crippen LogP contribution in [-0.4, -0.2) is 83.5 Å². The predicted octanol–water partition coefficient (Wildman–Crippen LogP) is 6.55. The third-order valence-electron chi connectivity index (χ3n) is 11.4. The van der Waals surface area contributed by atoms with Crippen LogP contribution >= 0.6 is 0 Å². The van der Waals surface area contributed by atoms with E-state index in [1.165, 1.54) is 18.5 Å². The molecule has 1 unspecified atom stereocenters. The third-order valence-corrected chi connectivity index (χ3v) is 12.0. The Morgan fingerprint density at radius 2 is 1.60 bits per heavy atom. The van der Waals surface area contributed by atoms with Crippen molar-refractivity contribution in [2.75, 3.05) is 40.9 Å². The highest BCUT2D eigenvalue weighted by molar-refractivity contribution is 7.92. The number of hydrogen-bond acceptors (Lipinski definition) is 11. The first-order chi connectivity index (χ1) is 29.0. The molecule has 3 N–H and O–H groups in total. The molecule has 60 heavy (non-hydrogen) atoms. The summed E-state index contributed by atoms with van der Waals surface area (Å²) in [7, 11) is -3.40. The van der Waals surface area contributed by atoms with Crippen LogP contribution in [0.3, 0.4) is 0 Å². The van der Waals surface area contributed by atoms with Gasteiger partial charge in [-0.15, -0.1) is 5.10 Å². The molecule has 16 heteroatoms. The van der Waals surface area contributed by atoms with Crippen LogP contribution in [0.15, 0.2) is 85.1 Å². The number of rotatable bonds is 16. The maximum Gasteiger partial charge on any atom is 0.266 e. The Morgan fingerprint density at radius 1 is 0.833 bits per heavy atom. The quantitative estimate of drug-likeness (QED) is 0.0724. The number of unbranched alkanes of at least 4 members (excludes halogenated alkanes) is 4.